The molecule has 0 bridgehead atoms. The standard InChI is InChI=1S/C21H22BrNO4/c1-14-17(15(2)24)19(26-12-10-22)21(20-18(14)23-13-27-20)25-11-6-9-16-7-4-3-5-8-16/h3-5,7-8,13H,6,9-12H2,1-2H3. The molecular formula is C21H22BrNO4. The third-order valence-corrected chi connectivity index (χ3v) is 4.64. The Morgan fingerprint density at radius 3 is 2.59 bits per heavy atom. The highest BCUT2D eigenvalue weighted by atomic mass is 79.9. The Bertz CT molecular complexity index is 921. The zero-order valence-electron chi connectivity index (χ0n) is 15.5. The molecule has 0 atom stereocenters. The number of hydrogen-bond acceptors (Lipinski definition) is 5. The summed E-state index contributed by atoms with van der Waals surface area (Å²) in [5.74, 6) is 0.798. The van der Waals surface area contributed by atoms with Crippen molar-refractivity contribution >= 4 is 32.8 Å². The van der Waals surface area contributed by atoms with E-state index in [-0.39, 0.29) is 5.78 Å². The van der Waals surface area contributed by atoms with Crippen LogP contribution >= 0.6 is 15.9 Å². The van der Waals surface area contributed by atoms with Crippen molar-refractivity contribution in [1.29, 1.82) is 0 Å². The van der Waals surface area contributed by atoms with Gasteiger partial charge >= 0.3 is 0 Å². The Kier molecular flexibility index (Phi) is 6.50. The van der Waals surface area contributed by atoms with Crippen LogP contribution in [-0.4, -0.2) is 29.3 Å². The molecule has 0 aliphatic heterocycles. The van der Waals surface area contributed by atoms with Crippen molar-refractivity contribution in [3.63, 3.8) is 0 Å². The monoisotopic (exact) mass is 431 g/mol. The Morgan fingerprint density at radius 1 is 1.15 bits per heavy atom. The lowest BCUT2D eigenvalue weighted by molar-refractivity contribution is 0.101. The summed E-state index contributed by atoms with van der Waals surface area (Å²) in [5, 5.41) is 0.644. The zero-order valence-corrected chi connectivity index (χ0v) is 17.0. The summed E-state index contributed by atoms with van der Waals surface area (Å²) in [4.78, 5) is 16.5. The second-order valence-corrected chi connectivity index (χ2v) is 7.01. The summed E-state index contributed by atoms with van der Waals surface area (Å²) in [6, 6.07) is 10.3. The van der Waals surface area contributed by atoms with E-state index in [2.05, 4.69) is 33.0 Å². The third-order valence-electron chi connectivity index (χ3n) is 4.31. The molecule has 3 rings (SSSR count). The van der Waals surface area contributed by atoms with E-state index in [1.807, 2.05) is 25.1 Å². The SMILES string of the molecule is CC(=O)c1c(OCCBr)c(OCCCc2ccccc2)c2ocnc2c1C. The molecule has 0 saturated carbocycles. The number of nitrogens with zero attached hydrogens (tertiary/aromatic N) is 1. The summed E-state index contributed by atoms with van der Waals surface area (Å²) in [5.41, 5.74) is 3.64. The van der Waals surface area contributed by atoms with Gasteiger partial charge in [-0.2, -0.15) is 0 Å². The normalized spacial score (nSPS) is 10.9. The Hall–Kier alpha value is -2.34. The lowest BCUT2D eigenvalue weighted by atomic mass is 10.0. The summed E-state index contributed by atoms with van der Waals surface area (Å²) in [7, 11) is 0. The fraction of sp³-hybridized carbons (Fsp3) is 0.333. The van der Waals surface area contributed by atoms with Gasteiger partial charge in [-0.25, -0.2) is 4.98 Å². The smallest absolute Gasteiger partial charge is 0.207 e. The molecule has 0 unspecified atom stereocenters. The second-order valence-electron chi connectivity index (χ2n) is 6.22. The van der Waals surface area contributed by atoms with Gasteiger partial charge in [0.15, 0.2) is 17.9 Å². The topological polar surface area (TPSA) is 61.6 Å². The number of oxazole rings is 1. The Balaban J connectivity index is 1.88. The minimum absolute atomic E-state index is 0.0869. The van der Waals surface area contributed by atoms with Gasteiger partial charge in [0.2, 0.25) is 11.3 Å². The van der Waals surface area contributed by atoms with E-state index in [1.54, 1.807) is 0 Å². The molecule has 6 heteroatoms. The average molecular weight is 432 g/mol. The first kappa shape index (κ1) is 19.4. The molecule has 0 fully saturated rings. The fourth-order valence-electron chi connectivity index (χ4n) is 3.11. The number of ketones is 1. The van der Waals surface area contributed by atoms with Crippen LogP contribution in [0.5, 0.6) is 11.5 Å². The number of rotatable bonds is 9. The highest BCUT2D eigenvalue weighted by Crippen LogP contribution is 2.42. The van der Waals surface area contributed by atoms with Crippen molar-refractivity contribution in [2.75, 3.05) is 18.5 Å². The van der Waals surface area contributed by atoms with Gasteiger partial charge < -0.3 is 13.9 Å². The van der Waals surface area contributed by atoms with E-state index in [4.69, 9.17) is 13.9 Å². The van der Waals surface area contributed by atoms with E-state index in [0.29, 0.717) is 46.7 Å². The maximum Gasteiger partial charge on any atom is 0.207 e. The van der Waals surface area contributed by atoms with Crippen LogP contribution in [0.3, 0.4) is 0 Å². The third kappa shape index (κ3) is 4.33. The predicted molar refractivity (Wildman–Crippen MR) is 108 cm³/mol. The van der Waals surface area contributed by atoms with Gasteiger partial charge in [-0.3, -0.25) is 4.79 Å². The second kappa shape index (κ2) is 9.04. The molecule has 0 N–H and O–H groups in total. The fourth-order valence-corrected chi connectivity index (χ4v) is 3.27. The highest BCUT2D eigenvalue weighted by Gasteiger charge is 2.25. The summed E-state index contributed by atoms with van der Waals surface area (Å²) >= 11 is 3.36. The molecule has 0 aliphatic carbocycles. The number of ether oxygens (including phenoxy) is 2. The van der Waals surface area contributed by atoms with Crippen LogP contribution in [0.25, 0.3) is 11.1 Å². The van der Waals surface area contributed by atoms with Gasteiger partial charge in [-0.05, 0) is 37.8 Å². The Labute approximate surface area is 166 Å². The number of benzene rings is 2. The van der Waals surface area contributed by atoms with Gasteiger partial charge in [-0.15, -0.1) is 0 Å². The van der Waals surface area contributed by atoms with Crippen LogP contribution in [0.2, 0.25) is 0 Å². The molecule has 5 nitrogen and oxygen atoms in total. The average Bonchev–Trinajstić information content (AvgIpc) is 3.15. The molecule has 0 radical (unpaired) electrons. The maximum absolute atomic E-state index is 12.3. The Morgan fingerprint density at radius 2 is 1.89 bits per heavy atom. The maximum atomic E-state index is 12.3. The molecule has 3 aromatic rings. The van der Waals surface area contributed by atoms with Crippen molar-refractivity contribution < 1.29 is 18.7 Å². The summed E-state index contributed by atoms with van der Waals surface area (Å²) in [6.45, 7) is 4.27. The number of aryl methyl sites for hydroxylation is 2. The number of alkyl halides is 1. The molecule has 2 aromatic carbocycles. The van der Waals surface area contributed by atoms with Gasteiger partial charge in [0.1, 0.15) is 5.52 Å². The zero-order chi connectivity index (χ0) is 19.2. The highest BCUT2D eigenvalue weighted by molar-refractivity contribution is 9.09. The number of fused-ring (bicyclic) bond motifs is 1. The van der Waals surface area contributed by atoms with Crippen LogP contribution in [0, 0.1) is 6.92 Å². The van der Waals surface area contributed by atoms with Crippen molar-refractivity contribution in [1.82, 2.24) is 4.98 Å². The first-order valence-electron chi connectivity index (χ1n) is 8.89. The van der Waals surface area contributed by atoms with E-state index in [9.17, 15) is 4.79 Å². The van der Waals surface area contributed by atoms with Crippen LogP contribution < -0.4 is 9.47 Å². The van der Waals surface area contributed by atoms with Gasteiger partial charge in [0.05, 0.1) is 18.8 Å². The number of carbonyl (C=O) groups is 1. The van der Waals surface area contributed by atoms with Crippen molar-refractivity contribution in [3.05, 3.63) is 53.4 Å². The van der Waals surface area contributed by atoms with E-state index >= 15 is 0 Å². The van der Waals surface area contributed by atoms with Crippen molar-refractivity contribution in [2.45, 2.75) is 26.7 Å². The molecule has 0 aliphatic rings. The first-order valence-corrected chi connectivity index (χ1v) is 10.0. The summed E-state index contributed by atoms with van der Waals surface area (Å²) < 4.78 is 17.5. The minimum atomic E-state index is -0.0869. The molecule has 0 spiro atoms. The predicted octanol–water partition coefficient (Wildman–Crippen LogP) is 5.12. The van der Waals surface area contributed by atoms with Gasteiger partial charge in [-0.1, -0.05) is 46.3 Å². The molecule has 0 saturated heterocycles. The van der Waals surface area contributed by atoms with E-state index < -0.39 is 0 Å². The largest absolute Gasteiger partial charge is 0.488 e. The number of hydrogen-bond donors (Lipinski definition) is 0. The van der Waals surface area contributed by atoms with Crippen LogP contribution in [-0.2, 0) is 6.42 Å². The van der Waals surface area contributed by atoms with E-state index in [0.717, 1.165) is 18.4 Å². The van der Waals surface area contributed by atoms with E-state index in [1.165, 1.54) is 18.9 Å². The quantitative estimate of drug-likeness (QED) is 0.267. The lowest BCUT2D eigenvalue weighted by Gasteiger charge is -2.17. The van der Waals surface area contributed by atoms with Crippen LogP contribution in [0.4, 0.5) is 0 Å². The van der Waals surface area contributed by atoms with Gasteiger partial charge in [0, 0.05) is 5.33 Å². The summed E-state index contributed by atoms with van der Waals surface area (Å²) in [6.07, 6.45) is 3.11. The molecule has 0 amide bonds. The number of halogens is 1. The number of Topliss-reactive ketones (excluding diaryl/α,β-unsaturated/α-hetero) is 1. The van der Waals surface area contributed by atoms with Crippen LogP contribution in [0.15, 0.2) is 41.1 Å². The van der Waals surface area contributed by atoms with Crippen molar-refractivity contribution in [3.8, 4) is 11.5 Å². The molecule has 27 heavy (non-hydrogen) atoms. The molecular weight excluding hydrogens is 410 g/mol. The molecule has 142 valence electrons. The number of aromatic nitrogens is 1. The molecule has 1 heterocycles. The molecule has 1 aromatic heterocycles. The number of carbonyl (C=O) groups excluding carboxylic acids is 1. The first-order chi connectivity index (χ1) is 13.1. The lowest BCUT2D eigenvalue weighted by Crippen LogP contribution is -2.10. The minimum Gasteiger partial charge on any atom is -0.488 e. The van der Waals surface area contributed by atoms with Gasteiger partial charge in [0.25, 0.3) is 0 Å². The van der Waals surface area contributed by atoms with Crippen molar-refractivity contribution in [2.24, 2.45) is 0 Å². The van der Waals surface area contributed by atoms with Crippen LogP contribution in [0.1, 0.15) is 34.8 Å².